The highest BCUT2D eigenvalue weighted by Crippen LogP contribution is 2.68. The van der Waals surface area contributed by atoms with E-state index >= 15 is 0 Å². The van der Waals surface area contributed by atoms with Gasteiger partial charge in [-0.2, -0.15) is 0 Å². The molecule has 3 amide bonds. The van der Waals surface area contributed by atoms with Crippen LogP contribution >= 0.6 is 27.7 Å². The largest absolute Gasteiger partial charge is 0.394 e. The summed E-state index contributed by atoms with van der Waals surface area (Å²) in [5, 5.41) is 16.5. The zero-order chi connectivity index (χ0) is 28.2. The maximum Gasteiger partial charge on any atom is 0.244 e. The third kappa shape index (κ3) is 5.27. The summed E-state index contributed by atoms with van der Waals surface area (Å²) in [6.45, 7) is 14.1. The average molecular weight is 609 g/mol. The number of carbonyl (C=O) groups is 3. The predicted octanol–water partition coefficient (Wildman–Crippen LogP) is 4.44. The Hall–Kier alpha value is -1.58. The SMILES string of the molecule is CC(C)[C@H](CO)N1C(=O)[C@@H]2[C@@H](C(=O)Nc3ccccc3)[C@@H]3SC2(CC3Br)C1C(=O)NC(C)(C)CC(C)(C)C. The molecule has 0 aromatic heterocycles. The van der Waals surface area contributed by atoms with E-state index in [2.05, 4.69) is 47.3 Å². The van der Waals surface area contributed by atoms with Crippen molar-refractivity contribution in [3.8, 4) is 0 Å². The smallest absolute Gasteiger partial charge is 0.244 e. The first-order valence-corrected chi connectivity index (χ1v) is 15.3. The van der Waals surface area contributed by atoms with E-state index in [4.69, 9.17) is 0 Å². The van der Waals surface area contributed by atoms with E-state index in [-0.39, 0.29) is 45.7 Å². The normalized spacial score (nSPS) is 31.5. The molecule has 9 heteroatoms. The molecular weight excluding hydrogens is 566 g/mol. The lowest BCUT2D eigenvalue weighted by Gasteiger charge is -2.41. The van der Waals surface area contributed by atoms with Crippen molar-refractivity contribution < 1.29 is 19.5 Å². The second-order valence-electron chi connectivity index (χ2n) is 13.4. The van der Waals surface area contributed by atoms with Gasteiger partial charge in [0.2, 0.25) is 17.7 Å². The Morgan fingerprint density at radius 2 is 1.79 bits per heavy atom. The molecule has 3 heterocycles. The number of halogens is 1. The van der Waals surface area contributed by atoms with Crippen LogP contribution in [-0.2, 0) is 14.4 Å². The number of hydrogen-bond donors (Lipinski definition) is 3. The predicted molar refractivity (Wildman–Crippen MR) is 156 cm³/mol. The van der Waals surface area contributed by atoms with Gasteiger partial charge in [-0.3, -0.25) is 14.4 Å². The summed E-state index contributed by atoms with van der Waals surface area (Å²) in [7, 11) is 0. The van der Waals surface area contributed by atoms with E-state index in [0.717, 1.165) is 6.42 Å². The van der Waals surface area contributed by atoms with Crippen LogP contribution in [0.4, 0.5) is 5.69 Å². The lowest BCUT2D eigenvalue weighted by Crippen LogP contribution is -2.61. The summed E-state index contributed by atoms with van der Waals surface area (Å²) in [5.41, 5.74) is 0.183. The molecule has 0 aliphatic carbocycles. The van der Waals surface area contributed by atoms with Crippen molar-refractivity contribution in [2.24, 2.45) is 23.2 Å². The Morgan fingerprint density at radius 1 is 1.16 bits per heavy atom. The van der Waals surface area contributed by atoms with Crippen molar-refractivity contribution >= 4 is 51.1 Å². The molecule has 1 spiro atoms. The highest BCUT2D eigenvalue weighted by atomic mass is 79.9. The summed E-state index contributed by atoms with van der Waals surface area (Å²) in [6, 6.07) is 7.97. The number of rotatable bonds is 8. The minimum Gasteiger partial charge on any atom is -0.394 e. The topological polar surface area (TPSA) is 98.7 Å². The first kappa shape index (κ1) is 29.4. The number of likely N-dealkylation sites (tertiary alicyclic amines) is 1. The monoisotopic (exact) mass is 607 g/mol. The molecule has 210 valence electrons. The van der Waals surface area contributed by atoms with Crippen LogP contribution in [0.15, 0.2) is 30.3 Å². The van der Waals surface area contributed by atoms with Gasteiger partial charge in [-0.1, -0.05) is 68.7 Å². The van der Waals surface area contributed by atoms with Crippen LogP contribution in [0, 0.1) is 23.2 Å². The molecule has 2 bridgehead atoms. The number of thioether (sulfide) groups is 1. The van der Waals surface area contributed by atoms with Crippen LogP contribution in [-0.4, -0.2) is 66.8 Å². The van der Waals surface area contributed by atoms with Gasteiger partial charge in [-0.15, -0.1) is 11.8 Å². The van der Waals surface area contributed by atoms with Crippen LogP contribution in [0.1, 0.15) is 61.3 Å². The van der Waals surface area contributed by atoms with Gasteiger partial charge in [0.05, 0.1) is 29.2 Å². The Balaban J connectivity index is 1.74. The molecule has 3 aliphatic rings. The molecular formula is C29H42BrN3O4S. The number of para-hydroxylation sites is 1. The van der Waals surface area contributed by atoms with E-state index in [1.165, 1.54) is 0 Å². The van der Waals surface area contributed by atoms with Crippen LogP contribution in [0.5, 0.6) is 0 Å². The molecule has 3 fully saturated rings. The zero-order valence-electron chi connectivity index (χ0n) is 23.5. The lowest BCUT2D eigenvalue weighted by atomic mass is 9.70. The Labute approximate surface area is 239 Å². The lowest BCUT2D eigenvalue weighted by molar-refractivity contribution is -0.143. The van der Waals surface area contributed by atoms with Gasteiger partial charge in [0, 0.05) is 21.3 Å². The summed E-state index contributed by atoms with van der Waals surface area (Å²) >= 11 is 5.42. The first-order chi connectivity index (χ1) is 17.6. The molecule has 3 N–H and O–H groups in total. The summed E-state index contributed by atoms with van der Waals surface area (Å²) in [6.07, 6.45) is 1.37. The Bertz CT molecular complexity index is 1080. The van der Waals surface area contributed by atoms with E-state index < -0.39 is 34.2 Å². The number of nitrogens with zero attached hydrogens (tertiary/aromatic N) is 1. The number of anilines is 1. The van der Waals surface area contributed by atoms with Crippen molar-refractivity contribution in [1.29, 1.82) is 0 Å². The number of carbonyl (C=O) groups excluding carboxylic acids is 3. The number of benzene rings is 1. The Kier molecular flexibility index (Phi) is 8.07. The molecule has 4 rings (SSSR count). The van der Waals surface area contributed by atoms with Crippen LogP contribution in [0.3, 0.4) is 0 Å². The van der Waals surface area contributed by atoms with Gasteiger partial charge < -0.3 is 20.6 Å². The molecule has 3 aliphatic heterocycles. The summed E-state index contributed by atoms with van der Waals surface area (Å²) in [5.74, 6) is -1.88. The van der Waals surface area contributed by atoms with Gasteiger partial charge in [-0.05, 0) is 50.2 Å². The molecule has 1 aromatic rings. The van der Waals surface area contributed by atoms with Gasteiger partial charge in [0.15, 0.2) is 0 Å². The molecule has 38 heavy (non-hydrogen) atoms. The molecule has 1 aromatic carbocycles. The quantitative estimate of drug-likeness (QED) is 0.380. The number of aliphatic hydroxyl groups excluding tert-OH is 1. The maximum absolute atomic E-state index is 14.3. The summed E-state index contributed by atoms with van der Waals surface area (Å²) in [4.78, 5) is 43.9. The highest BCUT2D eigenvalue weighted by Gasteiger charge is 2.76. The first-order valence-electron chi connectivity index (χ1n) is 13.5. The molecule has 0 radical (unpaired) electrons. The summed E-state index contributed by atoms with van der Waals surface area (Å²) < 4.78 is -0.751. The van der Waals surface area contributed by atoms with E-state index in [9.17, 15) is 19.5 Å². The number of amides is 3. The van der Waals surface area contributed by atoms with Gasteiger partial charge in [0.25, 0.3) is 0 Å². The fourth-order valence-electron chi connectivity index (χ4n) is 7.16. The number of alkyl halides is 1. The van der Waals surface area contributed by atoms with E-state index in [0.29, 0.717) is 12.1 Å². The molecule has 0 saturated carbocycles. The molecule has 7 nitrogen and oxygen atoms in total. The average Bonchev–Trinajstić information content (AvgIpc) is 3.36. The zero-order valence-corrected chi connectivity index (χ0v) is 25.9. The Morgan fingerprint density at radius 3 is 2.34 bits per heavy atom. The van der Waals surface area contributed by atoms with E-state index in [1.54, 1.807) is 16.7 Å². The standard InChI is InChI=1S/C29H42BrN3O4S/c1-16(2)19(14-34)33-23(25(36)32-28(6,7)15-27(3,4)5)29-13-18(30)22(38-29)20(21(29)26(33)37)24(35)31-17-11-9-8-10-12-17/h8-12,16,18-23,34H,13-15H2,1-7H3,(H,31,35)(H,32,36)/t18?,19-,20+,21-,22+,23?,29?/m0/s1. The second kappa shape index (κ2) is 10.4. The van der Waals surface area contributed by atoms with Gasteiger partial charge >= 0.3 is 0 Å². The number of hydrogen-bond acceptors (Lipinski definition) is 5. The maximum atomic E-state index is 14.3. The number of fused-ring (bicyclic) bond motifs is 1. The van der Waals surface area contributed by atoms with Crippen molar-refractivity contribution in [2.75, 3.05) is 11.9 Å². The molecule has 3 unspecified atom stereocenters. The third-order valence-corrected chi connectivity index (χ3v) is 11.3. The number of aliphatic hydroxyl groups is 1. The van der Waals surface area contributed by atoms with Gasteiger partial charge in [0.1, 0.15) is 6.04 Å². The number of nitrogens with one attached hydrogen (secondary N) is 2. The van der Waals surface area contributed by atoms with Crippen LogP contribution in [0.25, 0.3) is 0 Å². The van der Waals surface area contributed by atoms with Gasteiger partial charge in [-0.25, -0.2) is 0 Å². The second-order valence-corrected chi connectivity index (χ2v) is 16.1. The minimum absolute atomic E-state index is 0.00348. The third-order valence-electron chi connectivity index (χ3n) is 8.07. The van der Waals surface area contributed by atoms with Crippen molar-refractivity contribution in [3.63, 3.8) is 0 Å². The minimum atomic E-state index is -0.775. The van der Waals surface area contributed by atoms with Crippen molar-refractivity contribution in [1.82, 2.24) is 10.2 Å². The van der Waals surface area contributed by atoms with Crippen LogP contribution < -0.4 is 10.6 Å². The molecule has 7 atom stereocenters. The van der Waals surface area contributed by atoms with Crippen molar-refractivity contribution in [3.05, 3.63) is 30.3 Å². The van der Waals surface area contributed by atoms with Crippen LogP contribution in [0.2, 0.25) is 0 Å². The fraction of sp³-hybridized carbons (Fsp3) is 0.690. The van der Waals surface area contributed by atoms with E-state index in [1.807, 2.05) is 58.0 Å². The highest BCUT2D eigenvalue weighted by molar-refractivity contribution is 9.09. The fourth-order valence-corrected chi connectivity index (χ4v) is 10.8. The van der Waals surface area contributed by atoms with Crippen molar-refractivity contribution in [2.45, 2.75) is 93.8 Å². The molecule has 3 saturated heterocycles.